The molecule has 1 aromatic carbocycles. The summed E-state index contributed by atoms with van der Waals surface area (Å²) < 4.78 is 13.1. The predicted molar refractivity (Wildman–Crippen MR) is 105 cm³/mol. The fourth-order valence-electron chi connectivity index (χ4n) is 3.17. The Morgan fingerprint density at radius 1 is 1.19 bits per heavy atom. The Bertz CT molecular complexity index is 808. The third-order valence-electron chi connectivity index (χ3n) is 4.67. The first kappa shape index (κ1) is 19.4. The average Bonchev–Trinajstić information content (AvgIpc) is 2.63. The lowest BCUT2D eigenvalue weighted by atomic mass is 9.91. The van der Waals surface area contributed by atoms with Crippen molar-refractivity contribution in [2.24, 2.45) is 0 Å². The molecule has 6 nitrogen and oxygen atoms in total. The largest absolute Gasteiger partial charge is 0.363 e. The van der Waals surface area contributed by atoms with Gasteiger partial charge in [0.15, 0.2) is 0 Å². The summed E-state index contributed by atoms with van der Waals surface area (Å²) in [6, 6.07) is 6.01. The Morgan fingerprint density at radius 2 is 1.89 bits per heavy atom. The van der Waals surface area contributed by atoms with Gasteiger partial charge in [0.1, 0.15) is 11.6 Å². The number of halogens is 2. The zero-order chi connectivity index (χ0) is 19.4. The van der Waals surface area contributed by atoms with E-state index in [0.717, 1.165) is 37.6 Å². The second kappa shape index (κ2) is 8.52. The molecule has 144 valence electrons. The molecular formula is C19H23ClFN5O. The first-order valence-electron chi connectivity index (χ1n) is 8.95. The van der Waals surface area contributed by atoms with Crippen LogP contribution >= 0.6 is 11.6 Å². The molecule has 27 heavy (non-hydrogen) atoms. The number of rotatable bonds is 5. The van der Waals surface area contributed by atoms with Crippen molar-refractivity contribution >= 4 is 29.3 Å². The molecule has 2 N–H and O–H groups in total. The molecule has 0 saturated heterocycles. The van der Waals surface area contributed by atoms with Crippen LogP contribution in [0.25, 0.3) is 0 Å². The van der Waals surface area contributed by atoms with Crippen LogP contribution in [-0.2, 0) is 0 Å². The maximum absolute atomic E-state index is 13.1. The van der Waals surface area contributed by atoms with Crippen LogP contribution in [0.3, 0.4) is 0 Å². The zero-order valence-electron chi connectivity index (χ0n) is 15.4. The van der Waals surface area contributed by atoms with E-state index < -0.39 is 5.82 Å². The van der Waals surface area contributed by atoms with Gasteiger partial charge in [0.2, 0.25) is 5.95 Å². The van der Waals surface area contributed by atoms with Crippen molar-refractivity contribution in [1.29, 1.82) is 0 Å². The second-order valence-electron chi connectivity index (χ2n) is 6.92. The lowest BCUT2D eigenvalue weighted by Gasteiger charge is -2.30. The maximum Gasteiger partial charge on any atom is 0.253 e. The topological polar surface area (TPSA) is 70.2 Å². The van der Waals surface area contributed by atoms with Crippen LogP contribution in [-0.4, -0.2) is 42.1 Å². The van der Waals surface area contributed by atoms with Crippen molar-refractivity contribution < 1.29 is 9.18 Å². The Labute approximate surface area is 163 Å². The SMILES string of the molecule is CN(C)c1ccnc(NC2CCC(NC(=O)c3ccc(F)cc3Cl)CC2)n1. The highest BCUT2D eigenvalue weighted by Gasteiger charge is 2.24. The number of carbonyl (C=O) groups is 1. The molecule has 1 aliphatic rings. The minimum absolute atomic E-state index is 0.0747. The normalized spacial score (nSPS) is 19.4. The molecule has 8 heteroatoms. The molecule has 0 aliphatic heterocycles. The number of hydrogen-bond donors (Lipinski definition) is 2. The van der Waals surface area contributed by atoms with E-state index in [4.69, 9.17) is 11.6 Å². The Balaban J connectivity index is 1.51. The third-order valence-corrected chi connectivity index (χ3v) is 4.98. The van der Waals surface area contributed by atoms with Crippen LogP contribution in [0, 0.1) is 5.82 Å². The highest BCUT2D eigenvalue weighted by molar-refractivity contribution is 6.33. The van der Waals surface area contributed by atoms with Gasteiger partial charge in [0, 0.05) is 32.4 Å². The highest BCUT2D eigenvalue weighted by atomic mass is 35.5. The van der Waals surface area contributed by atoms with Gasteiger partial charge >= 0.3 is 0 Å². The molecule has 2 aromatic rings. The van der Waals surface area contributed by atoms with Gasteiger partial charge in [-0.25, -0.2) is 9.37 Å². The number of amides is 1. The summed E-state index contributed by atoms with van der Waals surface area (Å²) in [5, 5.41) is 6.49. The molecule has 3 rings (SSSR count). The van der Waals surface area contributed by atoms with Crippen molar-refractivity contribution in [3.63, 3.8) is 0 Å². The van der Waals surface area contributed by atoms with Crippen LogP contribution < -0.4 is 15.5 Å². The van der Waals surface area contributed by atoms with E-state index in [2.05, 4.69) is 20.6 Å². The zero-order valence-corrected chi connectivity index (χ0v) is 16.1. The van der Waals surface area contributed by atoms with Crippen molar-refractivity contribution in [1.82, 2.24) is 15.3 Å². The second-order valence-corrected chi connectivity index (χ2v) is 7.33. The molecule has 1 aromatic heterocycles. The fraction of sp³-hybridized carbons (Fsp3) is 0.421. The summed E-state index contributed by atoms with van der Waals surface area (Å²) in [5.41, 5.74) is 0.298. The molecule has 1 fully saturated rings. The van der Waals surface area contributed by atoms with E-state index in [1.54, 1.807) is 6.20 Å². The maximum atomic E-state index is 13.1. The fourth-order valence-corrected chi connectivity index (χ4v) is 3.42. The number of nitrogens with one attached hydrogen (secondary N) is 2. The van der Waals surface area contributed by atoms with Gasteiger partial charge in [0.25, 0.3) is 5.91 Å². The van der Waals surface area contributed by atoms with Crippen LogP contribution in [0.1, 0.15) is 36.0 Å². The molecule has 1 heterocycles. The average molecular weight is 392 g/mol. The number of benzene rings is 1. The van der Waals surface area contributed by atoms with Crippen molar-refractivity contribution in [2.45, 2.75) is 37.8 Å². The molecule has 0 spiro atoms. The Hall–Kier alpha value is -2.41. The summed E-state index contributed by atoms with van der Waals surface area (Å²) in [6.45, 7) is 0. The smallest absolute Gasteiger partial charge is 0.253 e. The summed E-state index contributed by atoms with van der Waals surface area (Å²) >= 11 is 5.96. The quantitative estimate of drug-likeness (QED) is 0.816. The van der Waals surface area contributed by atoms with Crippen LogP contribution in [0.5, 0.6) is 0 Å². The van der Waals surface area contributed by atoms with E-state index in [1.807, 2.05) is 25.1 Å². The standard InChI is InChI=1S/C19H23ClFN5O/c1-26(2)17-9-10-22-19(25-17)24-14-6-4-13(5-7-14)23-18(27)15-8-3-12(21)11-16(15)20/h3,8-11,13-14H,4-7H2,1-2H3,(H,23,27)(H,22,24,25). The van der Waals surface area contributed by atoms with Gasteiger partial charge < -0.3 is 15.5 Å². The van der Waals surface area contributed by atoms with E-state index >= 15 is 0 Å². The monoisotopic (exact) mass is 391 g/mol. The number of hydrogen-bond acceptors (Lipinski definition) is 5. The van der Waals surface area contributed by atoms with Gasteiger partial charge in [-0.3, -0.25) is 4.79 Å². The summed E-state index contributed by atoms with van der Waals surface area (Å²) in [4.78, 5) is 23.0. The highest BCUT2D eigenvalue weighted by Crippen LogP contribution is 2.23. The Morgan fingerprint density at radius 3 is 2.56 bits per heavy atom. The lowest BCUT2D eigenvalue weighted by molar-refractivity contribution is 0.0926. The minimum atomic E-state index is -0.455. The van der Waals surface area contributed by atoms with Crippen LogP contribution in [0.15, 0.2) is 30.5 Å². The van der Waals surface area contributed by atoms with Gasteiger partial charge in [-0.2, -0.15) is 4.98 Å². The van der Waals surface area contributed by atoms with E-state index in [0.29, 0.717) is 11.5 Å². The summed E-state index contributed by atoms with van der Waals surface area (Å²) in [7, 11) is 3.88. The van der Waals surface area contributed by atoms with Crippen molar-refractivity contribution in [3.8, 4) is 0 Å². The van der Waals surface area contributed by atoms with Crippen LogP contribution in [0.2, 0.25) is 5.02 Å². The molecular weight excluding hydrogens is 369 g/mol. The first-order chi connectivity index (χ1) is 12.9. The molecule has 1 aliphatic carbocycles. The van der Waals surface area contributed by atoms with Crippen molar-refractivity contribution in [2.75, 3.05) is 24.3 Å². The minimum Gasteiger partial charge on any atom is -0.363 e. The van der Waals surface area contributed by atoms with E-state index in [1.165, 1.54) is 12.1 Å². The number of aromatic nitrogens is 2. The molecule has 0 radical (unpaired) electrons. The van der Waals surface area contributed by atoms with E-state index in [-0.39, 0.29) is 23.0 Å². The van der Waals surface area contributed by atoms with Gasteiger partial charge in [-0.05, 0) is 49.9 Å². The lowest BCUT2D eigenvalue weighted by Crippen LogP contribution is -2.40. The first-order valence-corrected chi connectivity index (χ1v) is 9.33. The summed E-state index contributed by atoms with van der Waals surface area (Å²) in [5.74, 6) is 0.749. The molecule has 0 unspecified atom stereocenters. The van der Waals surface area contributed by atoms with Gasteiger partial charge in [-0.15, -0.1) is 0 Å². The molecule has 1 saturated carbocycles. The van der Waals surface area contributed by atoms with E-state index in [9.17, 15) is 9.18 Å². The Kier molecular flexibility index (Phi) is 6.11. The molecule has 0 bridgehead atoms. The number of nitrogens with zero attached hydrogens (tertiary/aromatic N) is 3. The van der Waals surface area contributed by atoms with Crippen molar-refractivity contribution in [3.05, 3.63) is 46.9 Å². The van der Waals surface area contributed by atoms with Gasteiger partial charge in [0.05, 0.1) is 10.6 Å². The van der Waals surface area contributed by atoms with Gasteiger partial charge in [-0.1, -0.05) is 11.6 Å². The molecule has 1 amide bonds. The summed E-state index contributed by atoms with van der Waals surface area (Å²) in [6.07, 6.45) is 5.23. The molecule has 0 atom stereocenters. The van der Waals surface area contributed by atoms with Crippen LogP contribution in [0.4, 0.5) is 16.2 Å². The third kappa shape index (κ3) is 5.07. The predicted octanol–water partition coefficient (Wildman–Crippen LogP) is 3.49. The number of carbonyl (C=O) groups excluding carboxylic acids is 1. The number of anilines is 2.